The monoisotopic (exact) mass is 563 g/mol. The lowest BCUT2D eigenvalue weighted by Gasteiger charge is -2.40. The second-order valence-electron chi connectivity index (χ2n) is 11.3. The number of hydrogen-bond donors (Lipinski definition) is 4. The molecule has 4 N–H and O–H groups in total. The lowest BCUT2D eigenvalue weighted by atomic mass is 9.75. The molecule has 3 aliphatic heterocycles. The van der Waals surface area contributed by atoms with Crippen molar-refractivity contribution in [3.63, 3.8) is 0 Å². The molecule has 3 amide bonds. The Bertz CT molecular complexity index is 1390. The van der Waals surface area contributed by atoms with E-state index in [4.69, 9.17) is 4.74 Å². The average molecular weight is 564 g/mol. The average Bonchev–Trinajstić information content (AvgIpc) is 2.97. The number of amides is 3. The second-order valence-corrected chi connectivity index (χ2v) is 11.3. The molecule has 3 aliphatic rings. The van der Waals surface area contributed by atoms with Crippen molar-refractivity contribution >= 4 is 17.7 Å². The lowest BCUT2D eigenvalue weighted by molar-refractivity contribution is -0.140. The zero-order valence-corrected chi connectivity index (χ0v) is 23.0. The van der Waals surface area contributed by atoms with E-state index in [0.29, 0.717) is 64.8 Å². The number of nitrogens with zero attached hydrogens (tertiary/aromatic N) is 1. The standard InChI is InChI=1S/C30H37N5O6/c36-25(17-22-18-31-29(40)34-26(22)37)35-13-9-23-21(19-35)8-4-5-10-30(11-14-41-15-12-30)28(39)33-24(27(38)32-23)16-20-6-2-1-3-7-20/h1-7,18,21,23-24H,8-17,19H2,(H,32,38)(H,33,39)(H2,31,34,37,40)/b5-4+/t21-,23+,24-/m1/s1. The first kappa shape index (κ1) is 28.5. The van der Waals surface area contributed by atoms with E-state index in [2.05, 4.69) is 32.8 Å². The van der Waals surface area contributed by atoms with Crippen LogP contribution in [0.2, 0.25) is 0 Å². The third-order valence-electron chi connectivity index (χ3n) is 8.60. The highest BCUT2D eigenvalue weighted by Gasteiger charge is 2.41. The van der Waals surface area contributed by atoms with E-state index in [1.165, 1.54) is 6.20 Å². The van der Waals surface area contributed by atoms with E-state index in [1.807, 2.05) is 30.3 Å². The summed E-state index contributed by atoms with van der Waals surface area (Å²) in [7, 11) is 0. The van der Waals surface area contributed by atoms with E-state index < -0.39 is 22.7 Å². The molecule has 218 valence electrons. The van der Waals surface area contributed by atoms with Crippen LogP contribution in [0, 0.1) is 11.3 Å². The van der Waals surface area contributed by atoms with Crippen LogP contribution in [0.5, 0.6) is 0 Å². The number of ether oxygens (including phenoxy) is 1. The lowest BCUT2D eigenvalue weighted by Crippen LogP contribution is -2.58. The predicted molar refractivity (Wildman–Crippen MR) is 151 cm³/mol. The minimum Gasteiger partial charge on any atom is -0.381 e. The van der Waals surface area contributed by atoms with Gasteiger partial charge in [0, 0.05) is 56.4 Å². The molecule has 1 aromatic carbocycles. The molecule has 2 aromatic rings. The van der Waals surface area contributed by atoms with E-state index in [1.54, 1.807) is 4.90 Å². The molecule has 41 heavy (non-hydrogen) atoms. The van der Waals surface area contributed by atoms with Gasteiger partial charge in [-0.15, -0.1) is 0 Å². The minimum absolute atomic E-state index is 0.0418. The number of fused-ring (bicyclic) bond motifs is 1. The molecular formula is C30H37N5O6. The van der Waals surface area contributed by atoms with E-state index in [0.717, 1.165) is 5.56 Å². The molecule has 11 heteroatoms. The molecule has 0 bridgehead atoms. The zero-order chi connectivity index (χ0) is 28.8. The van der Waals surface area contributed by atoms with Gasteiger partial charge in [0.15, 0.2) is 0 Å². The summed E-state index contributed by atoms with van der Waals surface area (Å²) >= 11 is 0. The molecule has 11 nitrogen and oxygen atoms in total. The topological polar surface area (TPSA) is 153 Å². The number of allylic oxidation sites excluding steroid dienone is 2. The fraction of sp³-hybridized carbons (Fsp3) is 0.500. The number of aromatic amines is 2. The molecule has 2 saturated heterocycles. The van der Waals surface area contributed by atoms with Gasteiger partial charge in [0.2, 0.25) is 17.7 Å². The number of carbonyl (C=O) groups excluding carboxylic acids is 3. The molecule has 0 unspecified atom stereocenters. The Balaban J connectivity index is 1.36. The maximum atomic E-state index is 13.7. The summed E-state index contributed by atoms with van der Waals surface area (Å²) in [6.07, 6.45) is 8.53. The SMILES string of the molecule is O=C1N[C@H]2CCN(C(=O)Cc3c[nH]c(=O)[nH]c3=O)C[C@H]2C/C=C/CC2(CCOCC2)C(=O)N[C@@H]1Cc1ccccc1. The van der Waals surface area contributed by atoms with Crippen molar-refractivity contribution in [1.29, 1.82) is 0 Å². The number of aromatic nitrogens is 2. The number of rotatable bonds is 4. The van der Waals surface area contributed by atoms with Crippen LogP contribution in [0.25, 0.3) is 0 Å². The Kier molecular flexibility index (Phi) is 8.82. The highest BCUT2D eigenvalue weighted by Crippen LogP contribution is 2.36. The van der Waals surface area contributed by atoms with E-state index in [-0.39, 0.29) is 41.7 Å². The van der Waals surface area contributed by atoms with Gasteiger partial charge in [0.1, 0.15) is 6.04 Å². The Labute approximate surface area is 237 Å². The summed E-state index contributed by atoms with van der Waals surface area (Å²) < 4.78 is 5.56. The maximum Gasteiger partial charge on any atom is 0.325 e. The number of H-pyrrole nitrogens is 2. The summed E-state index contributed by atoms with van der Waals surface area (Å²) in [6.45, 7) is 1.83. The molecular weight excluding hydrogens is 526 g/mol. The predicted octanol–water partition coefficient (Wildman–Crippen LogP) is 0.813. The minimum atomic E-state index is -0.736. The van der Waals surface area contributed by atoms with Gasteiger partial charge >= 0.3 is 5.69 Å². The van der Waals surface area contributed by atoms with Crippen molar-refractivity contribution in [3.8, 4) is 0 Å². The Morgan fingerprint density at radius 2 is 1.80 bits per heavy atom. The van der Waals surface area contributed by atoms with Crippen molar-refractivity contribution in [3.05, 3.63) is 80.6 Å². The maximum absolute atomic E-state index is 13.7. The van der Waals surface area contributed by atoms with Crippen molar-refractivity contribution in [2.75, 3.05) is 26.3 Å². The summed E-state index contributed by atoms with van der Waals surface area (Å²) in [5, 5.41) is 6.29. The fourth-order valence-corrected chi connectivity index (χ4v) is 6.05. The molecule has 5 rings (SSSR count). The molecule has 2 fully saturated rings. The van der Waals surface area contributed by atoms with Gasteiger partial charge in [-0.2, -0.15) is 0 Å². The zero-order valence-electron chi connectivity index (χ0n) is 23.0. The van der Waals surface area contributed by atoms with Gasteiger partial charge in [0.05, 0.1) is 11.8 Å². The first-order valence-corrected chi connectivity index (χ1v) is 14.3. The number of piperidine rings is 1. The van der Waals surface area contributed by atoms with Crippen molar-refractivity contribution in [1.82, 2.24) is 25.5 Å². The second kappa shape index (κ2) is 12.7. The largest absolute Gasteiger partial charge is 0.381 e. The third kappa shape index (κ3) is 6.84. The summed E-state index contributed by atoms with van der Waals surface area (Å²) in [6, 6.07) is 8.72. The van der Waals surface area contributed by atoms with Crippen molar-refractivity contribution in [2.45, 2.75) is 57.0 Å². The van der Waals surface area contributed by atoms with Gasteiger partial charge < -0.3 is 25.3 Å². The van der Waals surface area contributed by atoms with Crippen molar-refractivity contribution < 1.29 is 19.1 Å². The Morgan fingerprint density at radius 3 is 2.56 bits per heavy atom. The van der Waals surface area contributed by atoms with Crippen LogP contribution >= 0.6 is 0 Å². The summed E-state index contributed by atoms with van der Waals surface area (Å²) in [5.41, 5.74) is -0.681. The highest BCUT2D eigenvalue weighted by molar-refractivity contribution is 5.90. The molecule has 1 aromatic heterocycles. The van der Waals surface area contributed by atoms with Crippen LogP contribution in [-0.4, -0.2) is 71.0 Å². The van der Waals surface area contributed by atoms with Crippen molar-refractivity contribution in [2.24, 2.45) is 11.3 Å². The molecule has 3 atom stereocenters. The Hall–Kier alpha value is -3.99. The smallest absolute Gasteiger partial charge is 0.325 e. The number of benzene rings is 1. The van der Waals surface area contributed by atoms with Crippen LogP contribution < -0.4 is 21.9 Å². The van der Waals surface area contributed by atoms with Crippen LogP contribution in [0.3, 0.4) is 0 Å². The molecule has 4 heterocycles. The molecule has 0 saturated carbocycles. The van der Waals surface area contributed by atoms with E-state index in [9.17, 15) is 24.0 Å². The number of carbonyl (C=O) groups is 3. The summed E-state index contributed by atoms with van der Waals surface area (Å²) in [4.78, 5) is 70.3. The van der Waals surface area contributed by atoms with Gasteiger partial charge in [0.25, 0.3) is 5.56 Å². The quantitative estimate of drug-likeness (QED) is 0.404. The normalized spacial score (nSPS) is 25.7. The first-order chi connectivity index (χ1) is 19.8. The Morgan fingerprint density at radius 1 is 1.02 bits per heavy atom. The summed E-state index contributed by atoms with van der Waals surface area (Å²) in [5.74, 6) is -0.600. The number of hydrogen-bond acceptors (Lipinski definition) is 6. The van der Waals surface area contributed by atoms with Gasteiger partial charge in [-0.25, -0.2) is 4.79 Å². The van der Waals surface area contributed by atoms with Crippen LogP contribution in [0.15, 0.2) is 58.3 Å². The van der Waals surface area contributed by atoms with Crippen LogP contribution in [0.4, 0.5) is 0 Å². The molecule has 0 aliphatic carbocycles. The van der Waals surface area contributed by atoms with Crippen LogP contribution in [0.1, 0.15) is 43.2 Å². The van der Waals surface area contributed by atoms with Crippen LogP contribution in [-0.2, 0) is 32.0 Å². The first-order valence-electron chi connectivity index (χ1n) is 14.3. The number of likely N-dealkylation sites (tertiary alicyclic amines) is 1. The molecule has 1 spiro atoms. The molecule has 0 radical (unpaired) electrons. The van der Waals surface area contributed by atoms with Gasteiger partial charge in [-0.1, -0.05) is 42.5 Å². The van der Waals surface area contributed by atoms with Gasteiger partial charge in [-0.3, -0.25) is 24.2 Å². The van der Waals surface area contributed by atoms with Gasteiger partial charge in [-0.05, 0) is 37.7 Å². The third-order valence-corrected chi connectivity index (χ3v) is 8.60. The number of nitrogens with one attached hydrogen (secondary N) is 4. The highest BCUT2D eigenvalue weighted by atomic mass is 16.5. The van der Waals surface area contributed by atoms with E-state index >= 15 is 0 Å². The fourth-order valence-electron chi connectivity index (χ4n) is 6.05.